The maximum absolute atomic E-state index is 12.5. The standard InChI is InChI=1S/C19H24ClN5OS/c20-15-6-3-7-16(12-15)24-8-10-25(11-9-24)17(26)13-27-19-21-18(22-23-19)14-4-1-2-5-14/h3,6-7,12,14H,1-2,4-5,8-11,13H2,(H,21,22,23). The Kier molecular flexibility index (Phi) is 5.88. The van der Waals surface area contributed by atoms with Gasteiger partial charge in [0, 0.05) is 42.8 Å². The Morgan fingerprint density at radius 2 is 2.00 bits per heavy atom. The summed E-state index contributed by atoms with van der Waals surface area (Å²) in [6.45, 7) is 3.10. The maximum Gasteiger partial charge on any atom is 0.233 e. The van der Waals surface area contributed by atoms with E-state index in [4.69, 9.17) is 11.6 Å². The third-order valence-corrected chi connectivity index (χ3v) is 6.42. The van der Waals surface area contributed by atoms with Crippen LogP contribution in [0.5, 0.6) is 0 Å². The molecule has 0 unspecified atom stereocenters. The van der Waals surface area contributed by atoms with E-state index in [1.165, 1.54) is 37.4 Å². The number of amides is 1. The van der Waals surface area contributed by atoms with Gasteiger partial charge in [-0.15, -0.1) is 5.10 Å². The summed E-state index contributed by atoms with van der Waals surface area (Å²) < 4.78 is 0. The number of H-pyrrole nitrogens is 1. The minimum Gasteiger partial charge on any atom is -0.368 e. The molecule has 0 bridgehead atoms. The van der Waals surface area contributed by atoms with Gasteiger partial charge in [-0.25, -0.2) is 4.98 Å². The lowest BCUT2D eigenvalue weighted by molar-refractivity contribution is -0.128. The molecule has 2 heterocycles. The molecule has 1 aromatic heterocycles. The Labute approximate surface area is 168 Å². The molecule has 1 saturated heterocycles. The van der Waals surface area contributed by atoms with E-state index in [2.05, 4.69) is 26.1 Å². The summed E-state index contributed by atoms with van der Waals surface area (Å²) in [4.78, 5) is 21.3. The second-order valence-corrected chi connectivity index (χ2v) is 8.50. The molecule has 8 heteroatoms. The number of aromatic nitrogens is 3. The zero-order chi connectivity index (χ0) is 18.6. The van der Waals surface area contributed by atoms with E-state index in [0.717, 1.165) is 42.7 Å². The number of hydrogen-bond acceptors (Lipinski definition) is 5. The molecule has 0 spiro atoms. The molecular formula is C19H24ClN5OS. The summed E-state index contributed by atoms with van der Waals surface area (Å²) in [6.07, 6.45) is 4.92. The van der Waals surface area contributed by atoms with Gasteiger partial charge in [0.1, 0.15) is 5.82 Å². The molecule has 1 amide bonds. The van der Waals surface area contributed by atoms with Crippen LogP contribution < -0.4 is 4.90 Å². The Hall–Kier alpha value is -1.73. The highest BCUT2D eigenvalue weighted by Gasteiger charge is 2.23. The van der Waals surface area contributed by atoms with Crippen molar-refractivity contribution in [1.82, 2.24) is 20.1 Å². The fourth-order valence-electron chi connectivity index (χ4n) is 3.81. The number of nitrogens with zero attached hydrogens (tertiary/aromatic N) is 4. The highest BCUT2D eigenvalue weighted by atomic mass is 35.5. The van der Waals surface area contributed by atoms with Gasteiger partial charge in [-0.05, 0) is 31.0 Å². The predicted octanol–water partition coefficient (Wildman–Crippen LogP) is 3.56. The number of carbonyl (C=O) groups is 1. The molecule has 144 valence electrons. The lowest BCUT2D eigenvalue weighted by Gasteiger charge is -2.36. The van der Waals surface area contributed by atoms with Crippen LogP contribution in [-0.4, -0.2) is 57.9 Å². The molecule has 1 aliphatic heterocycles. The number of anilines is 1. The average Bonchev–Trinajstić information content (AvgIpc) is 3.38. The van der Waals surface area contributed by atoms with E-state index < -0.39 is 0 Å². The number of aromatic amines is 1. The zero-order valence-electron chi connectivity index (χ0n) is 15.2. The molecule has 6 nitrogen and oxygen atoms in total. The number of rotatable bonds is 5. The van der Waals surface area contributed by atoms with Crippen molar-refractivity contribution in [2.45, 2.75) is 36.8 Å². The Morgan fingerprint density at radius 1 is 1.22 bits per heavy atom. The summed E-state index contributed by atoms with van der Waals surface area (Å²) in [5, 5.41) is 8.75. The first-order valence-corrected chi connectivity index (χ1v) is 10.9. The number of carbonyl (C=O) groups excluding carboxylic acids is 1. The van der Waals surface area contributed by atoms with Gasteiger partial charge in [-0.2, -0.15) is 0 Å². The number of halogens is 1. The predicted molar refractivity (Wildman–Crippen MR) is 109 cm³/mol. The lowest BCUT2D eigenvalue weighted by Crippen LogP contribution is -2.49. The molecular weight excluding hydrogens is 382 g/mol. The summed E-state index contributed by atoms with van der Waals surface area (Å²) >= 11 is 7.50. The van der Waals surface area contributed by atoms with E-state index in [1.807, 2.05) is 23.1 Å². The van der Waals surface area contributed by atoms with E-state index >= 15 is 0 Å². The van der Waals surface area contributed by atoms with Gasteiger partial charge < -0.3 is 9.80 Å². The van der Waals surface area contributed by atoms with Crippen LogP contribution in [0, 0.1) is 0 Å². The zero-order valence-corrected chi connectivity index (χ0v) is 16.8. The van der Waals surface area contributed by atoms with E-state index in [1.54, 1.807) is 0 Å². The fraction of sp³-hybridized carbons (Fsp3) is 0.526. The van der Waals surface area contributed by atoms with Crippen molar-refractivity contribution in [2.24, 2.45) is 0 Å². The summed E-state index contributed by atoms with van der Waals surface area (Å²) in [5.41, 5.74) is 1.11. The number of nitrogens with one attached hydrogen (secondary N) is 1. The van der Waals surface area contributed by atoms with Crippen LogP contribution in [0.1, 0.15) is 37.4 Å². The van der Waals surface area contributed by atoms with Gasteiger partial charge in [0.05, 0.1) is 5.75 Å². The molecule has 1 aliphatic carbocycles. The number of hydrogen-bond donors (Lipinski definition) is 1. The average molecular weight is 406 g/mol. The molecule has 27 heavy (non-hydrogen) atoms. The SMILES string of the molecule is O=C(CSc1n[nH]c(C2CCCC2)n1)N1CCN(c2cccc(Cl)c2)CC1. The van der Waals surface area contributed by atoms with Gasteiger partial charge in [0.25, 0.3) is 0 Å². The van der Waals surface area contributed by atoms with Crippen molar-refractivity contribution in [2.75, 3.05) is 36.8 Å². The first-order valence-electron chi connectivity index (χ1n) is 9.52. The fourth-order valence-corrected chi connectivity index (χ4v) is 4.70. The minimum absolute atomic E-state index is 0.151. The Bertz CT molecular complexity index is 784. The van der Waals surface area contributed by atoms with Gasteiger partial charge >= 0.3 is 0 Å². The summed E-state index contributed by atoms with van der Waals surface area (Å²) in [5.74, 6) is 2.04. The molecule has 4 rings (SSSR count). The molecule has 0 atom stereocenters. The van der Waals surface area contributed by atoms with Gasteiger partial charge in [0.2, 0.25) is 11.1 Å². The summed E-state index contributed by atoms with van der Waals surface area (Å²) in [6, 6.07) is 7.87. The van der Waals surface area contributed by atoms with E-state index in [9.17, 15) is 4.79 Å². The first kappa shape index (κ1) is 18.6. The van der Waals surface area contributed by atoms with Crippen molar-refractivity contribution < 1.29 is 4.79 Å². The largest absolute Gasteiger partial charge is 0.368 e. The van der Waals surface area contributed by atoms with E-state index in [0.29, 0.717) is 16.8 Å². The van der Waals surface area contributed by atoms with Crippen molar-refractivity contribution in [3.05, 3.63) is 35.1 Å². The van der Waals surface area contributed by atoms with Gasteiger partial charge in [-0.1, -0.05) is 42.3 Å². The van der Waals surface area contributed by atoms with Crippen molar-refractivity contribution in [1.29, 1.82) is 0 Å². The highest BCUT2D eigenvalue weighted by Crippen LogP contribution is 2.32. The van der Waals surface area contributed by atoms with E-state index in [-0.39, 0.29) is 5.91 Å². The smallest absolute Gasteiger partial charge is 0.233 e. The first-order chi connectivity index (χ1) is 13.2. The van der Waals surface area contributed by atoms with Gasteiger partial charge in [0.15, 0.2) is 0 Å². The monoisotopic (exact) mass is 405 g/mol. The van der Waals surface area contributed by atoms with Crippen LogP contribution in [0.2, 0.25) is 5.02 Å². The topological polar surface area (TPSA) is 65.1 Å². The van der Waals surface area contributed by atoms with Crippen LogP contribution in [0.4, 0.5) is 5.69 Å². The third kappa shape index (κ3) is 4.58. The number of thioether (sulfide) groups is 1. The minimum atomic E-state index is 0.151. The highest BCUT2D eigenvalue weighted by molar-refractivity contribution is 7.99. The van der Waals surface area contributed by atoms with Crippen molar-refractivity contribution in [3.63, 3.8) is 0 Å². The van der Waals surface area contributed by atoms with Crippen LogP contribution in [0.3, 0.4) is 0 Å². The molecule has 1 saturated carbocycles. The van der Waals surface area contributed by atoms with Gasteiger partial charge in [-0.3, -0.25) is 9.89 Å². The second kappa shape index (κ2) is 8.52. The Balaban J connectivity index is 1.25. The van der Waals surface area contributed by atoms with Crippen LogP contribution in [0.25, 0.3) is 0 Å². The molecule has 2 fully saturated rings. The van der Waals surface area contributed by atoms with Crippen molar-refractivity contribution >= 4 is 35.0 Å². The number of benzene rings is 1. The molecule has 1 N–H and O–H groups in total. The van der Waals surface area contributed by atoms with Crippen LogP contribution >= 0.6 is 23.4 Å². The van der Waals surface area contributed by atoms with Crippen molar-refractivity contribution in [3.8, 4) is 0 Å². The third-order valence-electron chi connectivity index (χ3n) is 5.35. The molecule has 0 radical (unpaired) electrons. The Morgan fingerprint density at radius 3 is 2.74 bits per heavy atom. The molecule has 2 aliphatic rings. The number of piperazine rings is 1. The normalized spacial score (nSPS) is 18.3. The quantitative estimate of drug-likeness (QED) is 0.770. The second-order valence-electron chi connectivity index (χ2n) is 7.12. The maximum atomic E-state index is 12.5. The van der Waals surface area contributed by atoms with Crippen LogP contribution in [-0.2, 0) is 4.79 Å². The molecule has 1 aromatic carbocycles. The van der Waals surface area contributed by atoms with Crippen LogP contribution in [0.15, 0.2) is 29.4 Å². The lowest BCUT2D eigenvalue weighted by atomic mass is 10.1. The molecule has 2 aromatic rings. The summed E-state index contributed by atoms with van der Waals surface area (Å²) in [7, 11) is 0.